The van der Waals surface area contributed by atoms with Gasteiger partial charge in [0.2, 0.25) is 0 Å². The number of alkyl halides is 2. The number of halogens is 2. The van der Waals surface area contributed by atoms with Crippen molar-refractivity contribution in [3.05, 3.63) is 91.9 Å². The molecular weight excluding hydrogens is 430 g/mol. The number of carbonyl (C=O) groups is 1. The van der Waals surface area contributed by atoms with E-state index >= 15 is 0 Å². The molecule has 0 amide bonds. The van der Waals surface area contributed by atoms with Gasteiger partial charge in [-0.3, -0.25) is 23.4 Å². The summed E-state index contributed by atoms with van der Waals surface area (Å²) < 4.78 is 31.8. The number of rotatable bonds is 5. The Labute approximate surface area is 187 Å². The Morgan fingerprint density at radius 1 is 1.15 bits per heavy atom. The fourth-order valence-corrected chi connectivity index (χ4v) is 3.97. The summed E-state index contributed by atoms with van der Waals surface area (Å²) in [5.41, 5.74) is 0.174. The lowest BCUT2D eigenvalue weighted by Crippen LogP contribution is -2.42. The minimum atomic E-state index is -3.08. The second-order valence-electron chi connectivity index (χ2n) is 8.13. The van der Waals surface area contributed by atoms with Gasteiger partial charge in [0.05, 0.1) is 29.5 Å². The van der Waals surface area contributed by atoms with Crippen LogP contribution in [0.15, 0.2) is 58.4 Å². The highest BCUT2D eigenvalue weighted by Gasteiger charge is 2.27. The molecule has 0 radical (unpaired) electrons. The van der Waals surface area contributed by atoms with Crippen LogP contribution < -0.4 is 11.2 Å². The van der Waals surface area contributed by atoms with Crippen molar-refractivity contribution >= 4 is 16.7 Å². The lowest BCUT2D eigenvalue weighted by atomic mass is 9.98. The predicted molar refractivity (Wildman–Crippen MR) is 120 cm³/mol. The van der Waals surface area contributed by atoms with Gasteiger partial charge in [0.1, 0.15) is 0 Å². The van der Waals surface area contributed by atoms with Crippen LogP contribution in [0.2, 0.25) is 0 Å². The number of carbonyl (C=O) groups excluding carboxylic acids is 1. The molecule has 7 nitrogen and oxygen atoms in total. The third-order valence-corrected chi connectivity index (χ3v) is 5.81. The molecule has 0 aliphatic rings. The van der Waals surface area contributed by atoms with Crippen molar-refractivity contribution in [2.45, 2.75) is 33.2 Å². The van der Waals surface area contributed by atoms with Crippen LogP contribution in [0.5, 0.6) is 0 Å². The second kappa shape index (κ2) is 7.91. The highest BCUT2D eigenvalue weighted by atomic mass is 19.3. The van der Waals surface area contributed by atoms with Crippen molar-refractivity contribution in [1.82, 2.24) is 18.9 Å². The molecule has 0 atom stereocenters. The van der Waals surface area contributed by atoms with E-state index < -0.39 is 23.0 Å². The summed E-state index contributed by atoms with van der Waals surface area (Å²) in [5.74, 6) is -3.58. The van der Waals surface area contributed by atoms with Crippen LogP contribution in [0.4, 0.5) is 8.78 Å². The number of Topliss-reactive ketones (excluding diaryl/α,β-unsaturated/α-hetero) is 1. The van der Waals surface area contributed by atoms with Gasteiger partial charge in [0.25, 0.3) is 11.5 Å². The molecule has 0 aliphatic heterocycles. The van der Waals surface area contributed by atoms with E-state index in [0.717, 1.165) is 22.4 Å². The van der Waals surface area contributed by atoms with E-state index in [1.165, 1.54) is 36.7 Å². The first kappa shape index (κ1) is 22.3. The molecule has 4 rings (SSSR count). The monoisotopic (exact) mass is 452 g/mol. The Morgan fingerprint density at radius 2 is 1.88 bits per heavy atom. The molecule has 2 aromatic carbocycles. The maximum absolute atomic E-state index is 14.0. The summed E-state index contributed by atoms with van der Waals surface area (Å²) >= 11 is 0. The SMILES string of the molecule is CC(=O)c1cn(-c2ccc3c(cnn3C)c2)c(=O)n(Cc2cccc(C(C)(F)F)c2C)c1=O. The van der Waals surface area contributed by atoms with Crippen LogP contribution >= 0.6 is 0 Å². The zero-order chi connectivity index (χ0) is 24.1. The first-order valence-electron chi connectivity index (χ1n) is 10.3. The van der Waals surface area contributed by atoms with Crippen LogP contribution in [0, 0.1) is 6.92 Å². The fourth-order valence-electron chi connectivity index (χ4n) is 3.97. The minimum Gasteiger partial charge on any atom is -0.294 e. The molecule has 0 spiro atoms. The first-order chi connectivity index (χ1) is 15.5. The van der Waals surface area contributed by atoms with E-state index in [0.29, 0.717) is 11.3 Å². The van der Waals surface area contributed by atoms with Gasteiger partial charge >= 0.3 is 5.69 Å². The Hall–Kier alpha value is -3.88. The highest BCUT2D eigenvalue weighted by molar-refractivity contribution is 5.93. The number of fused-ring (bicyclic) bond motifs is 1. The number of aromatic nitrogens is 4. The fraction of sp³-hybridized carbons (Fsp3) is 0.250. The molecule has 33 heavy (non-hydrogen) atoms. The Bertz CT molecular complexity index is 1520. The maximum Gasteiger partial charge on any atom is 0.335 e. The quantitative estimate of drug-likeness (QED) is 0.434. The topological polar surface area (TPSA) is 78.9 Å². The average Bonchev–Trinajstić information content (AvgIpc) is 3.11. The van der Waals surface area contributed by atoms with Crippen LogP contribution in [0.25, 0.3) is 16.6 Å². The Kier molecular flexibility index (Phi) is 5.35. The number of nitrogens with zero attached hydrogens (tertiary/aromatic N) is 4. The van der Waals surface area contributed by atoms with Crippen LogP contribution in [0.1, 0.15) is 40.9 Å². The molecule has 9 heteroatoms. The molecule has 0 aliphatic carbocycles. The maximum atomic E-state index is 14.0. The van der Waals surface area contributed by atoms with Crippen LogP contribution in [-0.2, 0) is 19.5 Å². The van der Waals surface area contributed by atoms with Gasteiger partial charge in [-0.2, -0.15) is 5.10 Å². The summed E-state index contributed by atoms with van der Waals surface area (Å²) in [4.78, 5) is 38.5. The predicted octanol–water partition coefficient (Wildman–Crippen LogP) is 3.56. The summed E-state index contributed by atoms with van der Waals surface area (Å²) in [6.07, 6.45) is 2.87. The normalized spacial score (nSPS) is 11.8. The summed E-state index contributed by atoms with van der Waals surface area (Å²) in [6, 6.07) is 9.56. The highest BCUT2D eigenvalue weighted by Crippen LogP contribution is 2.31. The largest absolute Gasteiger partial charge is 0.335 e. The van der Waals surface area contributed by atoms with Gasteiger partial charge in [-0.05, 0) is 43.2 Å². The molecule has 0 bridgehead atoms. The summed E-state index contributed by atoms with van der Waals surface area (Å²) in [6.45, 7) is 3.31. The Morgan fingerprint density at radius 3 is 2.55 bits per heavy atom. The molecule has 0 N–H and O–H groups in total. The van der Waals surface area contributed by atoms with E-state index in [1.807, 2.05) is 0 Å². The van der Waals surface area contributed by atoms with Gasteiger partial charge in [-0.1, -0.05) is 18.2 Å². The zero-order valence-corrected chi connectivity index (χ0v) is 18.6. The van der Waals surface area contributed by atoms with E-state index in [9.17, 15) is 23.2 Å². The third-order valence-electron chi connectivity index (χ3n) is 5.81. The number of aryl methyl sites for hydroxylation is 1. The van der Waals surface area contributed by atoms with Gasteiger partial charge < -0.3 is 0 Å². The molecule has 0 saturated heterocycles. The zero-order valence-electron chi connectivity index (χ0n) is 18.6. The van der Waals surface area contributed by atoms with Crippen LogP contribution in [0.3, 0.4) is 0 Å². The summed E-state index contributed by atoms with van der Waals surface area (Å²) in [7, 11) is 1.79. The molecule has 0 unspecified atom stereocenters. The number of hydrogen-bond donors (Lipinski definition) is 0. The molecule has 0 fully saturated rings. The van der Waals surface area contributed by atoms with E-state index in [2.05, 4.69) is 5.10 Å². The number of ketones is 1. The number of hydrogen-bond acceptors (Lipinski definition) is 4. The van der Waals surface area contributed by atoms with Crippen molar-refractivity contribution in [2.24, 2.45) is 7.05 Å². The van der Waals surface area contributed by atoms with Crippen molar-refractivity contribution in [3.63, 3.8) is 0 Å². The molecule has 0 saturated carbocycles. The number of benzene rings is 2. The average molecular weight is 452 g/mol. The van der Waals surface area contributed by atoms with Crippen molar-refractivity contribution < 1.29 is 13.6 Å². The molecule has 2 heterocycles. The lowest BCUT2D eigenvalue weighted by Gasteiger charge is -2.18. The first-order valence-corrected chi connectivity index (χ1v) is 10.3. The molecule has 4 aromatic rings. The lowest BCUT2D eigenvalue weighted by molar-refractivity contribution is 0.0167. The van der Waals surface area contributed by atoms with Crippen molar-refractivity contribution in [2.75, 3.05) is 0 Å². The van der Waals surface area contributed by atoms with Gasteiger partial charge in [0.15, 0.2) is 5.78 Å². The van der Waals surface area contributed by atoms with Gasteiger partial charge in [-0.15, -0.1) is 0 Å². The minimum absolute atomic E-state index is 0.171. The van der Waals surface area contributed by atoms with Gasteiger partial charge in [0, 0.05) is 31.1 Å². The van der Waals surface area contributed by atoms with Crippen molar-refractivity contribution in [3.8, 4) is 5.69 Å². The third kappa shape index (κ3) is 3.90. The second-order valence-corrected chi connectivity index (χ2v) is 8.13. The molecular formula is C24H22F2N4O3. The Balaban J connectivity index is 1.92. The molecule has 170 valence electrons. The standard InChI is InChI=1S/C24H22F2N4O3/c1-14-16(6-5-7-20(14)24(3,25)26)12-30-22(32)19(15(2)31)13-29(23(30)33)18-8-9-21-17(10-18)11-27-28(21)4/h5-11,13H,12H2,1-4H3. The van der Waals surface area contributed by atoms with E-state index in [-0.39, 0.29) is 23.2 Å². The smallest absolute Gasteiger partial charge is 0.294 e. The van der Waals surface area contributed by atoms with Crippen LogP contribution in [-0.4, -0.2) is 24.7 Å². The van der Waals surface area contributed by atoms with Gasteiger partial charge in [-0.25, -0.2) is 13.6 Å². The van der Waals surface area contributed by atoms with Crippen molar-refractivity contribution in [1.29, 1.82) is 0 Å². The summed E-state index contributed by atoms with van der Waals surface area (Å²) in [5, 5.41) is 4.96. The molecule has 2 aromatic heterocycles. The van der Waals surface area contributed by atoms with E-state index in [4.69, 9.17) is 0 Å². The van der Waals surface area contributed by atoms with E-state index in [1.54, 1.807) is 42.2 Å².